The van der Waals surface area contributed by atoms with Crippen LogP contribution < -0.4 is 0 Å². The van der Waals surface area contributed by atoms with E-state index in [0.717, 1.165) is 6.42 Å². The number of rotatable bonds is 2. The van der Waals surface area contributed by atoms with Crippen molar-refractivity contribution in [2.75, 3.05) is 0 Å². The van der Waals surface area contributed by atoms with Gasteiger partial charge in [-0.2, -0.15) is 0 Å². The Kier molecular flexibility index (Phi) is 5.24. The zero-order valence-electron chi connectivity index (χ0n) is 14.6. The van der Waals surface area contributed by atoms with E-state index in [4.69, 9.17) is 0 Å². The summed E-state index contributed by atoms with van der Waals surface area (Å²) < 4.78 is 0. The number of aryl methyl sites for hydroxylation is 2. The molecule has 1 aliphatic rings. The SMILES string of the molecule is C=CCC1c2cc(C)ccc2-c2ccc(C)cc2C1C.CC. The van der Waals surface area contributed by atoms with Crippen molar-refractivity contribution in [2.24, 2.45) is 0 Å². The molecule has 0 aromatic heterocycles. The third kappa shape index (κ3) is 2.88. The van der Waals surface area contributed by atoms with Crippen LogP contribution in [0, 0.1) is 13.8 Å². The summed E-state index contributed by atoms with van der Waals surface area (Å²) >= 11 is 0. The topological polar surface area (TPSA) is 0 Å². The summed E-state index contributed by atoms with van der Waals surface area (Å²) in [7, 11) is 0. The average molecular weight is 292 g/mol. The van der Waals surface area contributed by atoms with Gasteiger partial charge in [0.05, 0.1) is 0 Å². The molecular weight excluding hydrogens is 264 g/mol. The van der Waals surface area contributed by atoms with Crippen molar-refractivity contribution in [1.29, 1.82) is 0 Å². The Morgan fingerprint density at radius 3 is 1.95 bits per heavy atom. The van der Waals surface area contributed by atoms with Gasteiger partial charge in [-0.1, -0.05) is 74.4 Å². The molecule has 0 heteroatoms. The number of hydrogen-bond acceptors (Lipinski definition) is 0. The van der Waals surface area contributed by atoms with Crippen LogP contribution in [0.5, 0.6) is 0 Å². The molecule has 22 heavy (non-hydrogen) atoms. The van der Waals surface area contributed by atoms with Crippen LogP contribution >= 0.6 is 0 Å². The van der Waals surface area contributed by atoms with E-state index in [1.54, 1.807) is 0 Å². The van der Waals surface area contributed by atoms with Crippen molar-refractivity contribution in [3.63, 3.8) is 0 Å². The fourth-order valence-electron chi connectivity index (χ4n) is 3.54. The van der Waals surface area contributed by atoms with Gasteiger partial charge in [0.25, 0.3) is 0 Å². The lowest BCUT2D eigenvalue weighted by atomic mass is 9.70. The summed E-state index contributed by atoms with van der Waals surface area (Å²) in [6.45, 7) is 14.7. The second kappa shape index (κ2) is 6.96. The summed E-state index contributed by atoms with van der Waals surface area (Å²) in [6.07, 6.45) is 3.11. The molecule has 0 fully saturated rings. The highest BCUT2D eigenvalue weighted by molar-refractivity contribution is 5.75. The number of hydrogen-bond donors (Lipinski definition) is 0. The van der Waals surface area contributed by atoms with Gasteiger partial charge < -0.3 is 0 Å². The van der Waals surface area contributed by atoms with Crippen LogP contribution in [0.2, 0.25) is 0 Å². The summed E-state index contributed by atoms with van der Waals surface area (Å²) in [5.74, 6) is 1.11. The first-order valence-electron chi connectivity index (χ1n) is 8.44. The van der Waals surface area contributed by atoms with Crippen LogP contribution in [0.25, 0.3) is 11.1 Å². The Hall–Kier alpha value is -1.82. The van der Waals surface area contributed by atoms with Crippen LogP contribution in [-0.4, -0.2) is 0 Å². The maximum atomic E-state index is 3.96. The van der Waals surface area contributed by atoms with Crippen molar-refractivity contribution in [3.05, 3.63) is 71.3 Å². The van der Waals surface area contributed by atoms with Crippen molar-refractivity contribution >= 4 is 0 Å². The lowest BCUT2D eigenvalue weighted by Gasteiger charge is -2.33. The maximum Gasteiger partial charge on any atom is -0.00548 e. The average Bonchev–Trinajstić information content (AvgIpc) is 2.53. The summed E-state index contributed by atoms with van der Waals surface area (Å²) in [5.41, 5.74) is 8.51. The highest BCUT2D eigenvalue weighted by Gasteiger charge is 2.29. The van der Waals surface area contributed by atoms with Gasteiger partial charge in [-0.15, -0.1) is 6.58 Å². The highest BCUT2D eigenvalue weighted by Crippen LogP contribution is 2.48. The largest absolute Gasteiger partial charge is 0.103 e. The van der Waals surface area contributed by atoms with Gasteiger partial charge in [0, 0.05) is 0 Å². The van der Waals surface area contributed by atoms with Gasteiger partial charge in [0.1, 0.15) is 0 Å². The second-order valence-corrected chi connectivity index (χ2v) is 6.10. The molecule has 0 amide bonds. The summed E-state index contributed by atoms with van der Waals surface area (Å²) in [4.78, 5) is 0. The fraction of sp³-hybridized carbons (Fsp3) is 0.364. The minimum atomic E-state index is 0.552. The molecule has 0 aliphatic heterocycles. The smallest absolute Gasteiger partial charge is 0.00548 e. The second-order valence-electron chi connectivity index (χ2n) is 6.10. The van der Waals surface area contributed by atoms with E-state index in [9.17, 15) is 0 Å². The normalized spacial score (nSPS) is 18.6. The van der Waals surface area contributed by atoms with Crippen LogP contribution in [0.1, 0.15) is 61.3 Å². The standard InChI is InChI=1S/C20H22.C2H6/c1-5-6-16-15(4)19-11-13(2)7-9-17(19)18-10-8-14(3)12-20(16)18;1-2/h5,7-12,15-16H,1,6H2,2-4H3;1-2H3. The Labute approximate surface area is 135 Å². The molecule has 3 rings (SSSR count). The van der Waals surface area contributed by atoms with Crippen LogP contribution in [0.4, 0.5) is 0 Å². The predicted octanol–water partition coefficient (Wildman–Crippen LogP) is 6.77. The molecule has 1 aliphatic carbocycles. The minimum absolute atomic E-state index is 0.552. The molecule has 0 heterocycles. The zero-order valence-corrected chi connectivity index (χ0v) is 14.6. The first-order valence-corrected chi connectivity index (χ1v) is 8.44. The minimum Gasteiger partial charge on any atom is -0.103 e. The van der Waals surface area contributed by atoms with E-state index in [1.165, 1.54) is 33.4 Å². The van der Waals surface area contributed by atoms with Gasteiger partial charge in [0.2, 0.25) is 0 Å². The van der Waals surface area contributed by atoms with Crippen LogP contribution in [0.15, 0.2) is 49.1 Å². The molecule has 116 valence electrons. The molecule has 0 saturated heterocycles. The molecule has 0 nitrogen and oxygen atoms in total. The Morgan fingerprint density at radius 1 is 0.909 bits per heavy atom. The van der Waals surface area contributed by atoms with Crippen LogP contribution in [-0.2, 0) is 0 Å². The number of benzene rings is 2. The van der Waals surface area contributed by atoms with Crippen molar-refractivity contribution < 1.29 is 0 Å². The number of fused-ring (bicyclic) bond motifs is 3. The Morgan fingerprint density at radius 2 is 1.41 bits per heavy atom. The molecular formula is C22H28. The monoisotopic (exact) mass is 292 g/mol. The first kappa shape index (κ1) is 16.5. The zero-order chi connectivity index (χ0) is 16.3. The maximum absolute atomic E-state index is 3.96. The van der Waals surface area contributed by atoms with Gasteiger partial charge in [-0.25, -0.2) is 0 Å². The van der Waals surface area contributed by atoms with Crippen molar-refractivity contribution in [3.8, 4) is 11.1 Å². The first-order chi connectivity index (χ1) is 10.6. The third-order valence-corrected chi connectivity index (χ3v) is 4.62. The molecule has 0 radical (unpaired) electrons. The van der Waals surface area contributed by atoms with Gasteiger partial charge in [-0.05, 0) is 54.4 Å². The molecule has 0 N–H and O–H groups in total. The van der Waals surface area contributed by atoms with E-state index in [0.29, 0.717) is 11.8 Å². The molecule has 0 bridgehead atoms. The van der Waals surface area contributed by atoms with E-state index in [-0.39, 0.29) is 0 Å². The van der Waals surface area contributed by atoms with Gasteiger partial charge in [0.15, 0.2) is 0 Å². The lowest BCUT2D eigenvalue weighted by Crippen LogP contribution is -2.15. The van der Waals surface area contributed by atoms with E-state index >= 15 is 0 Å². The molecule has 0 saturated carbocycles. The highest BCUT2D eigenvalue weighted by atomic mass is 14.3. The molecule has 2 unspecified atom stereocenters. The fourth-order valence-corrected chi connectivity index (χ4v) is 3.54. The lowest BCUT2D eigenvalue weighted by molar-refractivity contribution is 0.575. The summed E-state index contributed by atoms with van der Waals surface area (Å²) in [5, 5.41) is 0. The summed E-state index contributed by atoms with van der Waals surface area (Å²) in [6, 6.07) is 13.8. The van der Waals surface area contributed by atoms with Gasteiger partial charge >= 0.3 is 0 Å². The van der Waals surface area contributed by atoms with Crippen molar-refractivity contribution in [1.82, 2.24) is 0 Å². The third-order valence-electron chi connectivity index (χ3n) is 4.62. The number of allylic oxidation sites excluding steroid dienone is 1. The Balaban J connectivity index is 0.000000847. The van der Waals surface area contributed by atoms with Crippen LogP contribution in [0.3, 0.4) is 0 Å². The molecule has 2 aromatic rings. The molecule has 2 aromatic carbocycles. The van der Waals surface area contributed by atoms with E-state index in [2.05, 4.69) is 69.8 Å². The predicted molar refractivity (Wildman–Crippen MR) is 98.7 cm³/mol. The Bertz CT molecular complexity index is 664. The van der Waals surface area contributed by atoms with E-state index in [1.807, 2.05) is 13.8 Å². The van der Waals surface area contributed by atoms with E-state index < -0.39 is 0 Å². The quantitative estimate of drug-likeness (QED) is 0.535. The molecule has 0 spiro atoms. The van der Waals surface area contributed by atoms with Gasteiger partial charge in [-0.3, -0.25) is 0 Å². The van der Waals surface area contributed by atoms with Crippen molar-refractivity contribution in [2.45, 2.75) is 52.9 Å². The molecule has 2 atom stereocenters.